The van der Waals surface area contributed by atoms with Crippen LogP contribution in [0.3, 0.4) is 0 Å². The van der Waals surface area contributed by atoms with Crippen molar-refractivity contribution in [3.63, 3.8) is 0 Å². The average molecular weight is 917 g/mol. The first-order valence-electron chi connectivity index (χ1n) is 29.1. The predicted octanol–water partition coefficient (Wildman–Crippen LogP) is 17.9. The molecule has 0 spiro atoms. The Balaban J connectivity index is 4.54. The van der Waals surface area contributed by atoms with Crippen LogP contribution in [0.2, 0.25) is 0 Å². The SMILES string of the molecule is CCCCCCCCC/C=C/C=C/CCCCCCCC(=O)OC(CCCCCCCCCCCCCCCCCCC)CC(=O)NC(CO)C(O)CCCCCCCCCCCCC. The molecule has 0 radical (unpaired) electrons. The Morgan fingerprint density at radius 2 is 0.769 bits per heavy atom. The van der Waals surface area contributed by atoms with Gasteiger partial charge in [-0.25, -0.2) is 0 Å². The van der Waals surface area contributed by atoms with Crippen molar-refractivity contribution in [1.82, 2.24) is 5.32 Å². The number of aliphatic hydroxyl groups is 2. The number of amides is 1. The van der Waals surface area contributed by atoms with Crippen LogP contribution in [0.25, 0.3) is 0 Å². The van der Waals surface area contributed by atoms with Crippen molar-refractivity contribution < 1.29 is 24.5 Å². The molecule has 0 saturated heterocycles. The molecule has 0 aromatic heterocycles. The molecule has 0 aliphatic rings. The maximum atomic E-state index is 13.3. The molecule has 0 aromatic carbocycles. The van der Waals surface area contributed by atoms with Crippen LogP contribution in [0.5, 0.6) is 0 Å². The lowest BCUT2D eigenvalue weighted by atomic mass is 10.0. The van der Waals surface area contributed by atoms with Crippen molar-refractivity contribution in [2.75, 3.05) is 6.61 Å². The summed E-state index contributed by atoms with van der Waals surface area (Å²) in [4.78, 5) is 26.3. The van der Waals surface area contributed by atoms with E-state index in [4.69, 9.17) is 4.74 Å². The Kier molecular flexibility index (Phi) is 51.9. The second-order valence-corrected chi connectivity index (χ2v) is 20.1. The second-order valence-electron chi connectivity index (χ2n) is 20.1. The van der Waals surface area contributed by atoms with Gasteiger partial charge in [0.05, 0.1) is 25.2 Å². The largest absolute Gasteiger partial charge is 0.462 e. The summed E-state index contributed by atoms with van der Waals surface area (Å²) in [7, 11) is 0. The fourth-order valence-corrected chi connectivity index (χ4v) is 9.13. The Labute approximate surface area is 405 Å². The number of rotatable bonds is 53. The lowest BCUT2D eigenvalue weighted by Crippen LogP contribution is -2.46. The van der Waals surface area contributed by atoms with Crippen LogP contribution in [0.15, 0.2) is 24.3 Å². The molecule has 0 rings (SSSR count). The van der Waals surface area contributed by atoms with E-state index in [1.54, 1.807) is 0 Å². The minimum absolute atomic E-state index is 0.0775. The lowest BCUT2D eigenvalue weighted by Gasteiger charge is -2.24. The molecule has 0 saturated carbocycles. The number of carbonyl (C=O) groups is 2. The van der Waals surface area contributed by atoms with Gasteiger partial charge in [0.15, 0.2) is 0 Å². The predicted molar refractivity (Wildman–Crippen MR) is 283 cm³/mol. The highest BCUT2D eigenvalue weighted by Gasteiger charge is 2.24. The van der Waals surface area contributed by atoms with Gasteiger partial charge in [-0.05, 0) is 51.4 Å². The van der Waals surface area contributed by atoms with Crippen LogP contribution in [0, 0.1) is 0 Å². The maximum Gasteiger partial charge on any atom is 0.306 e. The number of hydrogen-bond donors (Lipinski definition) is 3. The Bertz CT molecular complexity index is 1030. The smallest absolute Gasteiger partial charge is 0.306 e. The van der Waals surface area contributed by atoms with E-state index >= 15 is 0 Å². The molecule has 0 aliphatic carbocycles. The van der Waals surface area contributed by atoms with Crippen LogP contribution < -0.4 is 5.32 Å². The number of nitrogens with one attached hydrogen (secondary N) is 1. The van der Waals surface area contributed by atoms with Crippen molar-refractivity contribution in [2.45, 2.75) is 334 Å². The maximum absolute atomic E-state index is 13.3. The summed E-state index contributed by atoms with van der Waals surface area (Å²) in [6.07, 6.45) is 62.4. The average Bonchev–Trinajstić information content (AvgIpc) is 3.30. The van der Waals surface area contributed by atoms with Gasteiger partial charge < -0.3 is 20.3 Å². The molecule has 6 nitrogen and oxygen atoms in total. The molecule has 0 aromatic rings. The van der Waals surface area contributed by atoms with Crippen LogP contribution in [0.1, 0.15) is 316 Å². The molecule has 0 bridgehead atoms. The van der Waals surface area contributed by atoms with Gasteiger partial charge in [-0.2, -0.15) is 0 Å². The van der Waals surface area contributed by atoms with E-state index in [2.05, 4.69) is 50.4 Å². The van der Waals surface area contributed by atoms with Gasteiger partial charge in [-0.1, -0.05) is 276 Å². The van der Waals surface area contributed by atoms with Gasteiger partial charge >= 0.3 is 5.97 Å². The molecule has 0 heterocycles. The number of carbonyl (C=O) groups excluding carboxylic acids is 2. The van der Waals surface area contributed by atoms with E-state index in [1.807, 2.05) is 0 Å². The molecule has 3 N–H and O–H groups in total. The van der Waals surface area contributed by atoms with Crippen molar-refractivity contribution in [2.24, 2.45) is 0 Å². The summed E-state index contributed by atoms with van der Waals surface area (Å²) >= 11 is 0. The van der Waals surface area contributed by atoms with E-state index in [-0.39, 0.29) is 24.9 Å². The van der Waals surface area contributed by atoms with Gasteiger partial charge in [-0.3, -0.25) is 9.59 Å². The highest BCUT2D eigenvalue weighted by Crippen LogP contribution is 2.19. The molecular formula is C59H113NO5. The number of unbranched alkanes of at least 4 members (excludes halogenated alkanes) is 38. The normalized spacial score (nSPS) is 13.2. The van der Waals surface area contributed by atoms with Gasteiger partial charge in [-0.15, -0.1) is 0 Å². The number of aliphatic hydroxyl groups excluding tert-OH is 2. The van der Waals surface area contributed by atoms with Crippen LogP contribution in [-0.4, -0.2) is 46.9 Å². The zero-order chi connectivity index (χ0) is 47.4. The summed E-state index contributed by atoms with van der Waals surface area (Å²) in [6.45, 7) is 6.51. The first kappa shape index (κ1) is 63.3. The van der Waals surface area contributed by atoms with Crippen molar-refractivity contribution in [3.05, 3.63) is 24.3 Å². The highest BCUT2D eigenvalue weighted by molar-refractivity contribution is 5.77. The van der Waals surface area contributed by atoms with E-state index in [1.165, 1.54) is 218 Å². The van der Waals surface area contributed by atoms with Gasteiger partial charge in [0, 0.05) is 6.42 Å². The van der Waals surface area contributed by atoms with Gasteiger partial charge in [0.2, 0.25) is 5.91 Å². The third kappa shape index (κ3) is 48.6. The fraction of sp³-hybridized carbons (Fsp3) is 0.898. The number of allylic oxidation sites excluding steroid dienone is 4. The highest BCUT2D eigenvalue weighted by atomic mass is 16.5. The molecule has 0 aliphatic heterocycles. The standard InChI is InChI=1S/C59H113NO5/c1-4-7-10-13-16-19-22-24-26-28-30-32-34-37-40-43-46-49-52-59(64)65-55(50-47-44-41-38-36-33-31-29-27-25-23-20-17-14-11-8-5-2)53-58(63)60-56(54-61)57(62)51-48-45-42-39-35-21-18-15-12-9-6-3/h26,28,30,32,55-57,61-62H,4-25,27,29,31,33-54H2,1-3H3,(H,60,63)/b28-26+,32-30+. The summed E-state index contributed by atoms with van der Waals surface area (Å²) in [5, 5.41) is 23.8. The quantitative estimate of drug-likeness (QED) is 0.0321. The summed E-state index contributed by atoms with van der Waals surface area (Å²) < 4.78 is 5.96. The van der Waals surface area contributed by atoms with Gasteiger partial charge in [0.1, 0.15) is 6.10 Å². The molecule has 6 heteroatoms. The molecule has 0 fully saturated rings. The molecular weight excluding hydrogens is 803 g/mol. The fourth-order valence-electron chi connectivity index (χ4n) is 9.13. The van der Waals surface area contributed by atoms with Crippen molar-refractivity contribution >= 4 is 11.9 Å². The van der Waals surface area contributed by atoms with Gasteiger partial charge in [0.25, 0.3) is 0 Å². The van der Waals surface area contributed by atoms with Crippen LogP contribution in [0.4, 0.5) is 0 Å². The van der Waals surface area contributed by atoms with Crippen LogP contribution >= 0.6 is 0 Å². The Morgan fingerprint density at radius 3 is 1.14 bits per heavy atom. The minimum Gasteiger partial charge on any atom is -0.462 e. The first-order chi connectivity index (χ1) is 32.0. The lowest BCUT2D eigenvalue weighted by molar-refractivity contribution is -0.151. The molecule has 65 heavy (non-hydrogen) atoms. The summed E-state index contributed by atoms with van der Waals surface area (Å²) in [5.41, 5.74) is 0. The Hall–Kier alpha value is -1.66. The molecule has 384 valence electrons. The van der Waals surface area contributed by atoms with E-state index in [0.29, 0.717) is 19.3 Å². The van der Waals surface area contributed by atoms with E-state index in [9.17, 15) is 19.8 Å². The van der Waals surface area contributed by atoms with Crippen molar-refractivity contribution in [1.29, 1.82) is 0 Å². The van der Waals surface area contributed by atoms with Crippen molar-refractivity contribution in [3.8, 4) is 0 Å². The van der Waals surface area contributed by atoms with Crippen LogP contribution in [-0.2, 0) is 14.3 Å². The zero-order valence-corrected chi connectivity index (χ0v) is 43.9. The third-order valence-electron chi connectivity index (χ3n) is 13.6. The monoisotopic (exact) mass is 916 g/mol. The topological polar surface area (TPSA) is 95.9 Å². The molecule has 3 unspecified atom stereocenters. The minimum atomic E-state index is -0.786. The second kappa shape index (κ2) is 53.3. The summed E-state index contributed by atoms with van der Waals surface area (Å²) in [6, 6.07) is -0.700. The Morgan fingerprint density at radius 1 is 0.446 bits per heavy atom. The first-order valence-corrected chi connectivity index (χ1v) is 29.1. The summed E-state index contributed by atoms with van der Waals surface area (Å²) in [5.74, 6) is -0.472. The zero-order valence-electron chi connectivity index (χ0n) is 43.9. The molecule has 3 atom stereocenters. The third-order valence-corrected chi connectivity index (χ3v) is 13.6. The van der Waals surface area contributed by atoms with E-state index in [0.717, 1.165) is 51.4 Å². The molecule has 1 amide bonds. The number of hydrogen-bond acceptors (Lipinski definition) is 5. The van der Waals surface area contributed by atoms with E-state index < -0.39 is 18.2 Å². The number of esters is 1. The number of ether oxygens (including phenoxy) is 1.